The predicted molar refractivity (Wildman–Crippen MR) is 87.2 cm³/mol. The fourth-order valence-electron chi connectivity index (χ4n) is 2.61. The van der Waals surface area contributed by atoms with Crippen LogP contribution in [-0.2, 0) is 6.42 Å². The maximum atomic E-state index is 5.91. The lowest BCUT2D eigenvalue weighted by Gasteiger charge is -2.15. The van der Waals surface area contributed by atoms with E-state index < -0.39 is 0 Å². The second-order valence-electron chi connectivity index (χ2n) is 5.71. The van der Waals surface area contributed by atoms with Gasteiger partial charge in [0.25, 0.3) is 0 Å². The van der Waals surface area contributed by atoms with E-state index in [1.165, 1.54) is 50.5 Å². The van der Waals surface area contributed by atoms with Crippen LogP contribution in [0.25, 0.3) is 0 Å². The quantitative estimate of drug-likeness (QED) is 0.602. The van der Waals surface area contributed by atoms with Crippen molar-refractivity contribution in [3.05, 3.63) is 29.8 Å². The van der Waals surface area contributed by atoms with Crippen LogP contribution >= 0.6 is 0 Å². The first-order valence-corrected chi connectivity index (χ1v) is 8.13. The predicted octanol–water partition coefficient (Wildman–Crippen LogP) is 4.56. The summed E-state index contributed by atoms with van der Waals surface area (Å²) in [5, 5.41) is 0. The highest BCUT2D eigenvalue weighted by Gasteiger charge is 2.08. The minimum Gasteiger partial charge on any atom is -0.497 e. The summed E-state index contributed by atoms with van der Waals surface area (Å²) in [5.74, 6) is 1.54. The lowest BCUT2D eigenvalue weighted by molar-refractivity contribution is 0.414. The summed E-state index contributed by atoms with van der Waals surface area (Å²) >= 11 is 0. The first kappa shape index (κ1) is 17.0. The van der Waals surface area contributed by atoms with E-state index in [-0.39, 0.29) is 0 Å². The molecule has 1 atom stereocenters. The number of nitrogens with two attached hydrogens (primary N) is 1. The lowest BCUT2D eigenvalue weighted by Crippen LogP contribution is -2.16. The average molecular weight is 277 g/mol. The van der Waals surface area contributed by atoms with E-state index >= 15 is 0 Å². The third-order valence-corrected chi connectivity index (χ3v) is 3.98. The van der Waals surface area contributed by atoms with Crippen molar-refractivity contribution in [2.45, 2.75) is 58.3 Å². The molecule has 0 fully saturated rings. The number of ether oxygens (including phenoxy) is 1. The van der Waals surface area contributed by atoms with Crippen LogP contribution in [0.15, 0.2) is 24.3 Å². The molecule has 0 bridgehead atoms. The van der Waals surface area contributed by atoms with Crippen molar-refractivity contribution < 1.29 is 4.74 Å². The molecule has 0 heterocycles. The summed E-state index contributed by atoms with van der Waals surface area (Å²) in [6.07, 6.45) is 10.5. The van der Waals surface area contributed by atoms with E-state index in [1.807, 2.05) is 12.1 Å². The van der Waals surface area contributed by atoms with Crippen molar-refractivity contribution in [2.24, 2.45) is 11.7 Å². The highest BCUT2D eigenvalue weighted by molar-refractivity contribution is 5.27. The monoisotopic (exact) mass is 277 g/mol. The number of benzene rings is 1. The Bertz CT molecular complexity index is 334. The molecule has 0 spiro atoms. The van der Waals surface area contributed by atoms with Gasteiger partial charge in [0.05, 0.1) is 7.11 Å². The molecule has 0 saturated heterocycles. The van der Waals surface area contributed by atoms with Gasteiger partial charge in [0.2, 0.25) is 0 Å². The maximum Gasteiger partial charge on any atom is 0.118 e. The van der Waals surface area contributed by atoms with E-state index in [1.54, 1.807) is 7.11 Å². The van der Waals surface area contributed by atoms with Crippen molar-refractivity contribution in [3.63, 3.8) is 0 Å². The molecule has 1 unspecified atom stereocenters. The number of hydrogen-bond donors (Lipinski definition) is 1. The SMILES string of the molecule is CCCCCCCCC(CN)Cc1ccc(OC)cc1. The molecule has 0 aliphatic heterocycles. The van der Waals surface area contributed by atoms with E-state index in [0.717, 1.165) is 18.7 Å². The molecule has 2 nitrogen and oxygen atoms in total. The van der Waals surface area contributed by atoms with Gasteiger partial charge in [0, 0.05) is 0 Å². The van der Waals surface area contributed by atoms with Gasteiger partial charge in [-0.3, -0.25) is 0 Å². The van der Waals surface area contributed by atoms with Gasteiger partial charge >= 0.3 is 0 Å². The molecule has 0 aliphatic rings. The zero-order chi connectivity index (χ0) is 14.6. The molecule has 0 aromatic heterocycles. The van der Waals surface area contributed by atoms with Crippen LogP contribution in [0.5, 0.6) is 5.75 Å². The molecular weight excluding hydrogens is 246 g/mol. The average Bonchev–Trinajstić information content (AvgIpc) is 2.50. The van der Waals surface area contributed by atoms with Crippen LogP contribution in [0, 0.1) is 5.92 Å². The molecule has 0 radical (unpaired) electrons. The highest BCUT2D eigenvalue weighted by Crippen LogP contribution is 2.18. The van der Waals surface area contributed by atoms with Gasteiger partial charge in [-0.05, 0) is 43.0 Å². The zero-order valence-corrected chi connectivity index (χ0v) is 13.2. The second-order valence-corrected chi connectivity index (χ2v) is 5.71. The van der Waals surface area contributed by atoms with Crippen LogP contribution in [0.4, 0.5) is 0 Å². The van der Waals surface area contributed by atoms with Crippen molar-refractivity contribution >= 4 is 0 Å². The third kappa shape index (κ3) is 6.95. The largest absolute Gasteiger partial charge is 0.497 e. The van der Waals surface area contributed by atoms with E-state index in [9.17, 15) is 0 Å². The zero-order valence-electron chi connectivity index (χ0n) is 13.2. The summed E-state index contributed by atoms with van der Waals surface area (Å²) in [6.45, 7) is 3.06. The molecule has 20 heavy (non-hydrogen) atoms. The summed E-state index contributed by atoms with van der Waals surface area (Å²) in [5.41, 5.74) is 7.28. The van der Waals surface area contributed by atoms with Crippen LogP contribution in [0.1, 0.15) is 57.4 Å². The van der Waals surface area contributed by atoms with Crippen LogP contribution in [-0.4, -0.2) is 13.7 Å². The Morgan fingerprint density at radius 2 is 1.65 bits per heavy atom. The summed E-state index contributed by atoms with van der Waals surface area (Å²) in [6, 6.07) is 8.38. The normalized spacial score (nSPS) is 12.3. The van der Waals surface area contributed by atoms with E-state index in [0.29, 0.717) is 5.92 Å². The Morgan fingerprint density at radius 1 is 1.00 bits per heavy atom. The smallest absolute Gasteiger partial charge is 0.118 e. The third-order valence-electron chi connectivity index (χ3n) is 3.98. The minimum absolute atomic E-state index is 0.620. The summed E-state index contributed by atoms with van der Waals surface area (Å²) < 4.78 is 5.19. The van der Waals surface area contributed by atoms with Crippen LogP contribution in [0.2, 0.25) is 0 Å². The molecule has 2 N–H and O–H groups in total. The number of unbranched alkanes of at least 4 members (excludes halogenated alkanes) is 5. The molecule has 114 valence electrons. The Hall–Kier alpha value is -1.02. The first-order chi connectivity index (χ1) is 9.80. The van der Waals surface area contributed by atoms with Gasteiger partial charge in [-0.25, -0.2) is 0 Å². The second kappa shape index (κ2) is 10.7. The fraction of sp³-hybridized carbons (Fsp3) is 0.667. The Balaban J connectivity index is 2.24. The molecule has 1 aromatic carbocycles. The Kier molecular flexibility index (Phi) is 9.14. The van der Waals surface area contributed by atoms with E-state index in [2.05, 4.69) is 19.1 Å². The summed E-state index contributed by atoms with van der Waals surface area (Å²) in [4.78, 5) is 0. The van der Waals surface area contributed by atoms with Gasteiger partial charge in [0.15, 0.2) is 0 Å². The highest BCUT2D eigenvalue weighted by atomic mass is 16.5. The first-order valence-electron chi connectivity index (χ1n) is 8.13. The summed E-state index contributed by atoms with van der Waals surface area (Å²) in [7, 11) is 1.70. The molecule has 2 heteroatoms. The standard InChI is InChI=1S/C18H31NO/c1-3-4-5-6-7-8-9-17(15-19)14-16-10-12-18(20-2)13-11-16/h10-13,17H,3-9,14-15,19H2,1-2H3. The lowest BCUT2D eigenvalue weighted by atomic mass is 9.93. The van der Waals surface area contributed by atoms with Gasteiger partial charge in [-0.15, -0.1) is 0 Å². The molecule has 0 aliphatic carbocycles. The number of rotatable bonds is 11. The number of methoxy groups -OCH3 is 1. The Labute approximate surface area is 124 Å². The molecule has 1 rings (SSSR count). The van der Waals surface area contributed by atoms with Crippen molar-refractivity contribution in [2.75, 3.05) is 13.7 Å². The van der Waals surface area contributed by atoms with Gasteiger partial charge in [-0.2, -0.15) is 0 Å². The Morgan fingerprint density at radius 3 is 2.25 bits per heavy atom. The fourth-order valence-corrected chi connectivity index (χ4v) is 2.61. The minimum atomic E-state index is 0.620. The molecule has 1 aromatic rings. The molecule has 0 amide bonds. The van der Waals surface area contributed by atoms with Crippen LogP contribution in [0.3, 0.4) is 0 Å². The maximum absolute atomic E-state index is 5.91. The van der Waals surface area contributed by atoms with Gasteiger partial charge in [0.1, 0.15) is 5.75 Å². The van der Waals surface area contributed by atoms with Crippen molar-refractivity contribution in [1.29, 1.82) is 0 Å². The van der Waals surface area contributed by atoms with Gasteiger partial charge < -0.3 is 10.5 Å². The number of hydrogen-bond acceptors (Lipinski definition) is 2. The topological polar surface area (TPSA) is 35.2 Å². The molecular formula is C18H31NO. The van der Waals surface area contributed by atoms with Gasteiger partial charge in [-0.1, -0.05) is 57.6 Å². The molecule has 0 saturated carbocycles. The van der Waals surface area contributed by atoms with Crippen molar-refractivity contribution in [1.82, 2.24) is 0 Å². The van der Waals surface area contributed by atoms with Crippen molar-refractivity contribution in [3.8, 4) is 5.75 Å². The van der Waals surface area contributed by atoms with E-state index in [4.69, 9.17) is 10.5 Å². The van der Waals surface area contributed by atoms with Crippen LogP contribution < -0.4 is 10.5 Å².